The van der Waals surface area contributed by atoms with E-state index in [0.717, 1.165) is 26.2 Å². The van der Waals surface area contributed by atoms with Gasteiger partial charge in [0.1, 0.15) is 0 Å². The molecule has 8 heteroatoms. The minimum absolute atomic E-state index is 0.194. The van der Waals surface area contributed by atoms with Gasteiger partial charge < -0.3 is 14.9 Å². The summed E-state index contributed by atoms with van der Waals surface area (Å²) < 4.78 is 39.2. The smallest absolute Gasteiger partial charge is 0.406 e. The molecular weight excluding hydrogens is 287 g/mol. The minimum Gasteiger partial charge on any atom is -0.481 e. The van der Waals surface area contributed by atoms with Gasteiger partial charge in [-0.15, -0.1) is 0 Å². The number of likely N-dealkylation sites (tertiary alicyclic amines) is 1. The van der Waals surface area contributed by atoms with Crippen molar-refractivity contribution >= 4 is 5.97 Å². The Morgan fingerprint density at radius 2 is 1.67 bits per heavy atom. The van der Waals surface area contributed by atoms with Gasteiger partial charge in [0.25, 0.3) is 0 Å². The molecule has 0 radical (unpaired) electrons. The van der Waals surface area contributed by atoms with Crippen molar-refractivity contribution in [1.29, 1.82) is 0 Å². The van der Waals surface area contributed by atoms with Crippen LogP contribution in [0.15, 0.2) is 0 Å². The molecule has 0 aromatic heterocycles. The number of hydrogen-bond acceptors (Lipinski definition) is 4. The van der Waals surface area contributed by atoms with E-state index in [9.17, 15) is 18.0 Å². The van der Waals surface area contributed by atoms with Crippen molar-refractivity contribution in [3.05, 3.63) is 0 Å². The number of piperazine rings is 1. The third-order valence-corrected chi connectivity index (χ3v) is 4.63. The quantitative estimate of drug-likeness (QED) is 0.823. The fourth-order valence-electron chi connectivity index (χ4n) is 2.96. The maximum absolute atomic E-state index is 13.1. The maximum Gasteiger partial charge on any atom is 0.406 e. The Morgan fingerprint density at radius 3 is 2.14 bits per heavy atom. The zero-order valence-electron chi connectivity index (χ0n) is 12.2. The van der Waals surface area contributed by atoms with Crippen LogP contribution in [0.3, 0.4) is 0 Å². The summed E-state index contributed by atoms with van der Waals surface area (Å²) >= 11 is 0. The standard InChI is InChI=1S/C13H22F3N3O2/c1-17-4-6-18(7-5-17)8-9-19-3-2-12(10-19,11(20)21)13(14,15)16/h2-10H2,1H3,(H,20,21). The van der Waals surface area contributed by atoms with E-state index in [2.05, 4.69) is 9.80 Å². The topological polar surface area (TPSA) is 47.0 Å². The molecule has 0 aliphatic carbocycles. The van der Waals surface area contributed by atoms with E-state index in [1.165, 1.54) is 0 Å². The van der Waals surface area contributed by atoms with Gasteiger partial charge >= 0.3 is 12.1 Å². The van der Waals surface area contributed by atoms with Gasteiger partial charge in [-0.3, -0.25) is 9.69 Å². The van der Waals surface area contributed by atoms with Gasteiger partial charge in [-0.1, -0.05) is 0 Å². The van der Waals surface area contributed by atoms with Gasteiger partial charge in [0.2, 0.25) is 0 Å². The number of rotatable bonds is 4. The van der Waals surface area contributed by atoms with Gasteiger partial charge in [0.15, 0.2) is 5.41 Å². The lowest BCUT2D eigenvalue weighted by atomic mass is 9.86. The molecule has 5 nitrogen and oxygen atoms in total. The molecule has 0 bridgehead atoms. The largest absolute Gasteiger partial charge is 0.481 e. The molecule has 2 saturated heterocycles. The van der Waals surface area contributed by atoms with Gasteiger partial charge in [-0.25, -0.2) is 0 Å². The summed E-state index contributed by atoms with van der Waals surface area (Å²) in [6.07, 6.45) is -5.05. The summed E-state index contributed by atoms with van der Waals surface area (Å²) in [6.45, 7) is 4.69. The molecule has 2 aliphatic heterocycles. The first-order valence-electron chi connectivity index (χ1n) is 7.18. The highest BCUT2D eigenvalue weighted by atomic mass is 19.4. The number of carboxylic acids is 1. The van der Waals surface area contributed by atoms with Crippen LogP contribution in [0.5, 0.6) is 0 Å². The highest BCUT2D eigenvalue weighted by molar-refractivity contribution is 5.76. The molecule has 0 aromatic rings. The summed E-state index contributed by atoms with van der Waals surface area (Å²) in [5.41, 5.74) is -2.59. The van der Waals surface area contributed by atoms with Gasteiger partial charge in [0.05, 0.1) is 0 Å². The number of hydrogen-bond donors (Lipinski definition) is 1. The van der Waals surface area contributed by atoms with E-state index < -0.39 is 24.1 Å². The van der Waals surface area contributed by atoms with Crippen LogP contribution in [0.4, 0.5) is 13.2 Å². The Hall–Kier alpha value is -0.860. The molecule has 1 N–H and O–H groups in total. The maximum atomic E-state index is 13.1. The van der Waals surface area contributed by atoms with Crippen molar-refractivity contribution in [2.45, 2.75) is 12.6 Å². The molecule has 2 rings (SSSR count). The molecule has 2 fully saturated rings. The van der Waals surface area contributed by atoms with E-state index >= 15 is 0 Å². The van der Waals surface area contributed by atoms with Crippen LogP contribution in [0, 0.1) is 5.41 Å². The van der Waals surface area contributed by atoms with E-state index in [-0.39, 0.29) is 13.0 Å². The Morgan fingerprint density at radius 1 is 1.10 bits per heavy atom. The molecule has 21 heavy (non-hydrogen) atoms. The van der Waals surface area contributed by atoms with Crippen LogP contribution in [0.2, 0.25) is 0 Å². The number of aliphatic carboxylic acids is 1. The molecule has 0 amide bonds. The molecule has 0 saturated carbocycles. The fourth-order valence-corrected chi connectivity index (χ4v) is 2.96. The first-order valence-corrected chi connectivity index (χ1v) is 7.18. The highest BCUT2D eigenvalue weighted by Gasteiger charge is 2.63. The van der Waals surface area contributed by atoms with Crippen molar-refractivity contribution in [2.24, 2.45) is 5.41 Å². The average Bonchev–Trinajstić information content (AvgIpc) is 2.83. The average molecular weight is 309 g/mol. The zero-order chi connectivity index (χ0) is 15.7. The number of nitrogens with zero attached hydrogens (tertiary/aromatic N) is 3. The molecule has 2 heterocycles. The number of halogens is 3. The third-order valence-electron chi connectivity index (χ3n) is 4.63. The second kappa shape index (κ2) is 6.10. The Balaban J connectivity index is 1.86. The van der Waals surface area contributed by atoms with Crippen LogP contribution < -0.4 is 0 Å². The number of likely N-dealkylation sites (N-methyl/N-ethyl adjacent to an activating group) is 1. The highest BCUT2D eigenvalue weighted by Crippen LogP contribution is 2.45. The van der Waals surface area contributed by atoms with Gasteiger partial charge in [0, 0.05) is 45.8 Å². The lowest BCUT2D eigenvalue weighted by Gasteiger charge is -2.33. The summed E-state index contributed by atoms with van der Waals surface area (Å²) in [5, 5.41) is 9.00. The van der Waals surface area contributed by atoms with E-state index in [1.807, 2.05) is 7.05 Å². The van der Waals surface area contributed by atoms with Crippen LogP contribution in [-0.2, 0) is 4.79 Å². The predicted molar refractivity (Wildman–Crippen MR) is 71.1 cm³/mol. The van der Waals surface area contributed by atoms with Crippen molar-refractivity contribution in [3.8, 4) is 0 Å². The molecule has 1 unspecified atom stereocenters. The van der Waals surface area contributed by atoms with Crippen LogP contribution in [0.1, 0.15) is 6.42 Å². The molecule has 122 valence electrons. The van der Waals surface area contributed by atoms with Crippen molar-refractivity contribution < 1.29 is 23.1 Å². The Kier molecular flexibility index (Phi) is 4.79. The fraction of sp³-hybridized carbons (Fsp3) is 0.923. The van der Waals surface area contributed by atoms with Crippen LogP contribution in [-0.4, -0.2) is 91.4 Å². The van der Waals surface area contributed by atoms with Gasteiger partial charge in [-0.05, 0) is 20.0 Å². The Labute approximate surface area is 122 Å². The monoisotopic (exact) mass is 309 g/mol. The molecule has 2 aliphatic rings. The second-order valence-electron chi connectivity index (χ2n) is 6.06. The van der Waals surface area contributed by atoms with Crippen molar-refractivity contribution in [2.75, 3.05) is 59.4 Å². The number of carbonyl (C=O) groups is 1. The van der Waals surface area contributed by atoms with E-state index in [4.69, 9.17) is 5.11 Å². The van der Waals surface area contributed by atoms with Crippen molar-refractivity contribution in [1.82, 2.24) is 14.7 Å². The number of carboxylic acid groups (broad SMARTS) is 1. The van der Waals surface area contributed by atoms with Gasteiger partial charge in [-0.2, -0.15) is 13.2 Å². The normalized spacial score (nSPS) is 29.9. The van der Waals surface area contributed by atoms with Crippen molar-refractivity contribution in [3.63, 3.8) is 0 Å². The van der Waals surface area contributed by atoms with Crippen LogP contribution >= 0.6 is 0 Å². The molecule has 0 spiro atoms. The zero-order valence-corrected chi connectivity index (χ0v) is 12.2. The number of alkyl halides is 3. The lowest BCUT2D eigenvalue weighted by molar-refractivity contribution is -0.227. The first kappa shape index (κ1) is 16.5. The summed E-state index contributed by atoms with van der Waals surface area (Å²) in [4.78, 5) is 17.2. The SMILES string of the molecule is CN1CCN(CCN2CCC(C(=O)O)(C(F)(F)F)C2)CC1. The second-order valence-corrected chi connectivity index (χ2v) is 6.06. The van der Waals surface area contributed by atoms with E-state index in [1.54, 1.807) is 4.90 Å². The summed E-state index contributed by atoms with van der Waals surface area (Å²) in [5.74, 6) is -1.75. The summed E-state index contributed by atoms with van der Waals surface area (Å²) in [6, 6.07) is 0. The minimum atomic E-state index is -4.69. The molecule has 0 aromatic carbocycles. The Bertz CT molecular complexity index is 383. The molecular formula is C13H22F3N3O2. The first-order chi connectivity index (χ1) is 9.74. The van der Waals surface area contributed by atoms with Crippen LogP contribution in [0.25, 0.3) is 0 Å². The third kappa shape index (κ3) is 3.49. The summed E-state index contributed by atoms with van der Waals surface area (Å²) in [7, 11) is 2.04. The van der Waals surface area contributed by atoms with E-state index in [0.29, 0.717) is 13.1 Å². The predicted octanol–water partition coefficient (Wildman–Crippen LogP) is 0.573. The lowest BCUT2D eigenvalue weighted by Crippen LogP contribution is -2.49. The molecule has 1 atom stereocenters.